The van der Waals surface area contributed by atoms with E-state index in [1.807, 2.05) is 4.90 Å². The van der Waals surface area contributed by atoms with Crippen LogP contribution in [0.1, 0.15) is 37.9 Å². The van der Waals surface area contributed by atoms with Crippen LogP contribution in [0, 0.1) is 0 Å². The second kappa shape index (κ2) is 7.15. The van der Waals surface area contributed by atoms with Crippen molar-refractivity contribution in [3.8, 4) is 0 Å². The number of piperazine rings is 1. The van der Waals surface area contributed by atoms with Crippen LogP contribution >= 0.6 is 0 Å². The lowest BCUT2D eigenvalue weighted by Crippen LogP contribution is -2.46. The molecule has 2 heterocycles. The van der Waals surface area contributed by atoms with E-state index in [0.29, 0.717) is 0 Å². The highest BCUT2D eigenvalue weighted by Gasteiger charge is 2.24. The molecular formula is C17H27N5O. The van der Waals surface area contributed by atoms with Crippen molar-refractivity contribution in [3.63, 3.8) is 0 Å². The standard InChI is InChI=1S/C17H27N5O/c1-3-21(4-2)16-14-7-5-6-8-15(14)18-17(19-16)22-11-9-20(13-23)10-12-22/h13H,3-12H2,1-2H3. The van der Waals surface area contributed by atoms with Gasteiger partial charge in [-0.05, 0) is 39.5 Å². The van der Waals surface area contributed by atoms with E-state index in [9.17, 15) is 4.79 Å². The third-order valence-corrected chi connectivity index (χ3v) is 4.96. The first kappa shape index (κ1) is 16.0. The first-order valence-corrected chi connectivity index (χ1v) is 8.85. The van der Waals surface area contributed by atoms with Crippen molar-refractivity contribution in [1.29, 1.82) is 0 Å². The van der Waals surface area contributed by atoms with Gasteiger partial charge >= 0.3 is 0 Å². The SMILES string of the molecule is CCN(CC)c1nc(N2CCN(C=O)CC2)nc2c1CCCC2. The van der Waals surface area contributed by atoms with Gasteiger partial charge in [-0.3, -0.25) is 4.79 Å². The van der Waals surface area contributed by atoms with E-state index in [4.69, 9.17) is 9.97 Å². The summed E-state index contributed by atoms with van der Waals surface area (Å²) in [6, 6.07) is 0. The Bertz CT molecular complexity index is 550. The fourth-order valence-electron chi connectivity index (χ4n) is 3.52. The zero-order chi connectivity index (χ0) is 16.2. The maximum absolute atomic E-state index is 10.9. The van der Waals surface area contributed by atoms with Gasteiger partial charge in [0.1, 0.15) is 5.82 Å². The number of nitrogens with zero attached hydrogens (tertiary/aromatic N) is 5. The molecule has 1 saturated heterocycles. The Labute approximate surface area is 138 Å². The van der Waals surface area contributed by atoms with Crippen molar-refractivity contribution < 1.29 is 4.79 Å². The van der Waals surface area contributed by atoms with Crippen LogP contribution in [0.25, 0.3) is 0 Å². The van der Waals surface area contributed by atoms with Crippen molar-refractivity contribution in [2.24, 2.45) is 0 Å². The molecular weight excluding hydrogens is 290 g/mol. The normalized spacial score (nSPS) is 17.8. The number of carbonyl (C=O) groups is 1. The molecule has 0 N–H and O–H groups in total. The molecule has 0 aromatic carbocycles. The second-order valence-electron chi connectivity index (χ2n) is 6.28. The van der Waals surface area contributed by atoms with E-state index in [2.05, 4.69) is 23.6 Å². The summed E-state index contributed by atoms with van der Waals surface area (Å²) in [5, 5.41) is 0. The molecule has 0 bridgehead atoms. The maximum Gasteiger partial charge on any atom is 0.227 e. The Balaban J connectivity index is 1.92. The number of rotatable bonds is 5. The molecule has 126 valence electrons. The van der Waals surface area contributed by atoms with Gasteiger partial charge in [0, 0.05) is 44.8 Å². The summed E-state index contributed by atoms with van der Waals surface area (Å²) in [6.07, 6.45) is 5.56. The average Bonchev–Trinajstić information content (AvgIpc) is 2.62. The molecule has 3 rings (SSSR count). The molecule has 0 saturated carbocycles. The molecule has 23 heavy (non-hydrogen) atoms. The molecule has 0 spiro atoms. The molecule has 6 heteroatoms. The largest absolute Gasteiger partial charge is 0.357 e. The summed E-state index contributed by atoms with van der Waals surface area (Å²) in [5.74, 6) is 1.98. The average molecular weight is 317 g/mol. The van der Waals surface area contributed by atoms with Crippen LogP contribution in [0.2, 0.25) is 0 Å². The minimum absolute atomic E-state index is 0.755. The number of hydrogen-bond acceptors (Lipinski definition) is 5. The van der Waals surface area contributed by atoms with Crippen molar-refractivity contribution in [2.45, 2.75) is 39.5 Å². The van der Waals surface area contributed by atoms with Gasteiger partial charge in [0.15, 0.2) is 0 Å². The summed E-state index contributed by atoms with van der Waals surface area (Å²) in [7, 11) is 0. The van der Waals surface area contributed by atoms with Gasteiger partial charge in [0.2, 0.25) is 12.4 Å². The smallest absolute Gasteiger partial charge is 0.227 e. The van der Waals surface area contributed by atoms with Crippen LogP contribution < -0.4 is 9.80 Å². The third-order valence-electron chi connectivity index (χ3n) is 4.96. The lowest BCUT2D eigenvalue weighted by molar-refractivity contribution is -0.118. The summed E-state index contributed by atoms with van der Waals surface area (Å²) < 4.78 is 0. The van der Waals surface area contributed by atoms with Gasteiger partial charge in [0.25, 0.3) is 0 Å². The highest BCUT2D eigenvalue weighted by molar-refractivity contribution is 5.55. The Kier molecular flexibility index (Phi) is 4.98. The summed E-state index contributed by atoms with van der Waals surface area (Å²) in [4.78, 5) is 27.1. The fraction of sp³-hybridized carbons (Fsp3) is 0.706. The first-order valence-electron chi connectivity index (χ1n) is 8.85. The van der Waals surface area contributed by atoms with Gasteiger partial charge in [-0.2, -0.15) is 4.98 Å². The Morgan fingerprint density at radius 2 is 1.74 bits per heavy atom. The maximum atomic E-state index is 10.9. The Hall–Kier alpha value is -1.85. The molecule has 0 atom stereocenters. The van der Waals surface area contributed by atoms with Crippen molar-refractivity contribution in [2.75, 3.05) is 49.1 Å². The predicted molar refractivity (Wildman–Crippen MR) is 92.1 cm³/mol. The molecule has 6 nitrogen and oxygen atoms in total. The summed E-state index contributed by atoms with van der Waals surface area (Å²) >= 11 is 0. The van der Waals surface area contributed by atoms with Crippen LogP contribution in [0.15, 0.2) is 0 Å². The third kappa shape index (κ3) is 3.26. The Morgan fingerprint density at radius 1 is 1.04 bits per heavy atom. The van der Waals surface area contributed by atoms with Crippen LogP contribution in [0.5, 0.6) is 0 Å². The summed E-state index contributed by atoms with van der Waals surface area (Å²) in [6.45, 7) is 9.45. The van der Waals surface area contributed by atoms with Crippen LogP contribution in [-0.4, -0.2) is 60.5 Å². The van der Waals surface area contributed by atoms with Gasteiger partial charge in [-0.15, -0.1) is 0 Å². The number of fused-ring (bicyclic) bond motifs is 1. The van der Waals surface area contributed by atoms with Crippen molar-refractivity contribution >= 4 is 18.2 Å². The van der Waals surface area contributed by atoms with Gasteiger partial charge in [0.05, 0.1) is 5.69 Å². The molecule has 0 radical (unpaired) electrons. The van der Waals surface area contributed by atoms with E-state index < -0.39 is 0 Å². The minimum atomic E-state index is 0.755. The predicted octanol–water partition coefficient (Wildman–Crippen LogP) is 1.48. The quantitative estimate of drug-likeness (QED) is 0.770. The molecule has 2 aliphatic rings. The zero-order valence-corrected chi connectivity index (χ0v) is 14.3. The van der Waals surface area contributed by atoms with E-state index in [1.165, 1.54) is 24.1 Å². The molecule has 1 aromatic heterocycles. The highest BCUT2D eigenvalue weighted by atomic mass is 16.1. The molecule has 1 aliphatic heterocycles. The minimum Gasteiger partial charge on any atom is -0.357 e. The van der Waals surface area contributed by atoms with Crippen LogP contribution in [-0.2, 0) is 17.6 Å². The van der Waals surface area contributed by atoms with Crippen molar-refractivity contribution in [3.05, 3.63) is 11.3 Å². The number of carbonyl (C=O) groups excluding carboxylic acids is 1. The lowest BCUT2D eigenvalue weighted by atomic mass is 9.96. The van der Waals surface area contributed by atoms with E-state index >= 15 is 0 Å². The van der Waals surface area contributed by atoms with Gasteiger partial charge < -0.3 is 14.7 Å². The molecule has 1 aromatic rings. The Morgan fingerprint density at radius 3 is 2.39 bits per heavy atom. The molecule has 1 fully saturated rings. The number of amides is 1. The molecule has 1 aliphatic carbocycles. The number of aryl methyl sites for hydroxylation is 1. The number of hydrogen-bond donors (Lipinski definition) is 0. The van der Waals surface area contributed by atoms with E-state index in [0.717, 1.165) is 70.3 Å². The first-order chi connectivity index (χ1) is 11.3. The topological polar surface area (TPSA) is 52.6 Å². The zero-order valence-electron chi connectivity index (χ0n) is 14.3. The van der Waals surface area contributed by atoms with E-state index in [1.54, 1.807) is 0 Å². The molecule has 1 amide bonds. The number of anilines is 2. The fourth-order valence-corrected chi connectivity index (χ4v) is 3.52. The van der Waals surface area contributed by atoms with Crippen LogP contribution in [0.4, 0.5) is 11.8 Å². The van der Waals surface area contributed by atoms with Crippen LogP contribution in [0.3, 0.4) is 0 Å². The van der Waals surface area contributed by atoms with Gasteiger partial charge in [-0.1, -0.05) is 0 Å². The van der Waals surface area contributed by atoms with E-state index in [-0.39, 0.29) is 0 Å². The second-order valence-corrected chi connectivity index (χ2v) is 6.28. The number of aromatic nitrogens is 2. The highest BCUT2D eigenvalue weighted by Crippen LogP contribution is 2.30. The van der Waals surface area contributed by atoms with Gasteiger partial charge in [-0.25, -0.2) is 4.98 Å². The van der Waals surface area contributed by atoms with Crippen molar-refractivity contribution in [1.82, 2.24) is 14.9 Å². The lowest BCUT2D eigenvalue weighted by Gasteiger charge is -2.34. The summed E-state index contributed by atoms with van der Waals surface area (Å²) in [5.41, 5.74) is 2.59. The monoisotopic (exact) mass is 317 g/mol. The molecule has 0 unspecified atom stereocenters.